The zero-order chi connectivity index (χ0) is 19.2. The Morgan fingerprint density at radius 1 is 1.15 bits per heavy atom. The molecule has 6 nitrogen and oxygen atoms in total. The number of carbonyl (C=O) groups excluding carboxylic acids is 1. The van der Waals surface area contributed by atoms with Gasteiger partial charge in [-0.2, -0.15) is 5.10 Å². The smallest absolute Gasteiger partial charge is 0.320 e. The maximum absolute atomic E-state index is 13.0. The maximum atomic E-state index is 13.0. The molecule has 2 aromatic carbocycles. The Morgan fingerprint density at radius 3 is 2.52 bits per heavy atom. The van der Waals surface area contributed by atoms with Crippen molar-refractivity contribution in [2.24, 2.45) is 0 Å². The van der Waals surface area contributed by atoms with Gasteiger partial charge in [-0.3, -0.25) is 5.32 Å². The number of hydrogen-bond donors (Lipinski definition) is 3. The van der Waals surface area contributed by atoms with Crippen molar-refractivity contribution < 1.29 is 14.3 Å². The number of nitrogens with zero attached hydrogens (tertiary/aromatic N) is 2. The first-order chi connectivity index (χ1) is 13.0. The molecule has 0 aliphatic heterocycles. The lowest BCUT2D eigenvalue weighted by Crippen LogP contribution is -2.38. The normalized spacial score (nSPS) is 13.0. The third-order valence-electron chi connectivity index (χ3n) is 4.13. The van der Waals surface area contributed by atoms with E-state index < -0.39 is 18.2 Å². The molecular weight excluding hydrogens is 347 g/mol. The molecule has 1 heterocycles. The van der Waals surface area contributed by atoms with Gasteiger partial charge in [-0.05, 0) is 30.2 Å². The van der Waals surface area contributed by atoms with E-state index in [0.29, 0.717) is 12.4 Å². The minimum Gasteiger partial charge on any atom is -0.391 e. The van der Waals surface area contributed by atoms with E-state index in [1.165, 1.54) is 12.1 Å². The second-order valence-electron chi connectivity index (χ2n) is 6.23. The van der Waals surface area contributed by atoms with Crippen LogP contribution < -0.4 is 10.6 Å². The fraction of sp³-hybridized carbons (Fsp3) is 0.200. The van der Waals surface area contributed by atoms with E-state index in [1.54, 1.807) is 36.0 Å². The number of aromatic nitrogens is 2. The number of nitrogens with one attached hydrogen (secondary N) is 2. The average molecular weight is 368 g/mol. The van der Waals surface area contributed by atoms with Gasteiger partial charge in [0.2, 0.25) is 0 Å². The van der Waals surface area contributed by atoms with Gasteiger partial charge in [0.1, 0.15) is 11.6 Å². The van der Waals surface area contributed by atoms with Crippen molar-refractivity contribution in [2.45, 2.75) is 25.6 Å². The molecule has 3 aromatic rings. The molecule has 0 bridgehead atoms. The van der Waals surface area contributed by atoms with Crippen LogP contribution in [0.4, 0.5) is 15.0 Å². The Labute approximate surface area is 156 Å². The first-order valence-corrected chi connectivity index (χ1v) is 8.59. The summed E-state index contributed by atoms with van der Waals surface area (Å²) in [6.07, 6.45) is 0.810. The summed E-state index contributed by atoms with van der Waals surface area (Å²) >= 11 is 0. The Hall–Kier alpha value is -3.19. The number of aliphatic hydroxyl groups is 1. The molecule has 0 aliphatic carbocycles. The number of aliphatic hydroxyl groups excluding tert-OH is 1. The molecule has 2 unspecified atom stereocenters. The second kappa shape index (κ2) is 8.46. The Kier molecular flexibility index (Phi) is 5.83. The SMILES string of the molecule is CC(O)C(NC(=O)Nc1ccnn1Cc1ccc(F)cc1)c1ccccc1. The summed E-state index contributed by atoms with van der Waals surface area (Å²) in [4.78, 5) is 12.4. The van der Waals surface area contributed by atoms with E-state index in [1.807, 2.05) is 30.3 Å². The molecule has 2 amide bonds. The van der Waals surface area contributed by atoms with Crippen LogP contribution in [0.1, 0.15) is 24.1 Å². The largest absolute Gasteiger partial charge is 0.391 e. The predicted octanol–water partition coefficient (Wildman–Crippen LogP) is 3.31. The molecule has 3 N–H and O–H groups in total. The fourth-order valence-electron chi connectivity index (χ4n) is 2.76. The zero-order valence-electron chi connectivity index (χ0n) is 14.8. The molecular formula is C20H21FN4O2. The van der Waals surface area contributed by atoms with Crippen LogP contribution in [-0.2, 0) is 6.54 Å². The summed E-state index contributed by atoms with van der Waals surface area (Å²) in [5.41, 5.74) is 1.66. The summed E-state index contributed by atoms with van der Waals surface area (Å²) in [6, 6.07) is 16.0. The van der Waals surface area contributed by atoms with E-state index in [-0.39, 0.29) is 5.82 Å². The van der Waals surface area contributed by atoms with Gasteiger partial charge in [-0.25, -0.2) is 13.9 Å². The number of anilines is 1. The van der Waals surface area contributed by atoms with Crippen LogP contribution >= 0.6 is 0 Å². The number of hydrogen-bond acceptors (Lipinski definition) is 3. The second-order valence-corrected chi connectivity index (χ2v) is 6.23. The van der Waals surface area contributed by atoms with Crippen molar-refractivity contribution in [3.8, 4) is 0 Å². The van der Waals surface area contributed by atoms with Gasteiger partial charge in [0, 0.05) is 6.07 Å². The van der Waals surface area contributed by atoms with Gasteiger partial charge in [0.05, 0.1) is 24.9 Å². The molecule has 27 heavy (non-hydrogen) atoms. The topological polar surface area (TPSA) is 79.2 Å². The number of urea groups is 1. The van der Waals surface area contributed by atoms with Gasteiger partial charge < -0.3 is 10.4 Å². The predicted molar refractivity (Wildman–Crippen MR) is 101 cm³/mol. The molecule has 1 aromatic heterocycles. The monoisotopic (exact) mass is 368 g/mol. The minimum absolute atomic E-state index is 0.304. The summed E-state index contributed by atoms with van der Waals surface area (Å²) < 4.78 is 14.6. The van der Waals surface area contributed by atoms with Crippen LogP contribution in [0.25, 0.3) is 0 Å². The Morgan fingerprint density at radius 2 is 1.85 bits per heavy atom. The highest BCUT2D eigenvalue weighted by Gasteiger charge is 2.20. The fourth-order valence-corrected chi connectivity index (χ4v) is 2.76. The van der Waals surface area contributed by atoms with Gasteiger partial charge in [-0.15, -0.1) is 0 Å². The van der Waals surface area contributed by atoms with Gasteiger partial charge >= 0.3 is 6.03 Å². The van der Waals surface area contributed by atoms with Crippen molar-refractivity contribution in [3.05, 3.63) is 83.8 Å². The van der Waals surface area contributed by atoms with Crippen LogP contribution in [0.5, 0.6) is 0 Å². The molecule has 0 saturated heterocycles. The highest BCUT2D eigenvalue weighted by Crippen LogP contribution is 2.17. The van der Waals surface area contributed by atoms with E-state index in [9.17, 15) is 14.3 Å². The number of halogens is 1. The molecule has 0 fully saturated rings. The summed E-state index contributed by atoms with van der Waals surface area (Å²) in [6.45, 7) is 2.01. The van der Waals surface area contributed by atoms with Crippen molar-refractivity contribution >= 4 is 11.8 Å². The van der Waals surface area contributed by atoms with Crippen LogP contribution in [0.2, 0.25) is 0 Å². The molecule has 2 atom stereocenters. The van der Waals surface area contributed by atoms with Crippen LogP contribution in [0.3, 0.4) is 0 Å². The van der Waals surface area contributed by atoms with Crippen molar-refractivity contribution in [1.82, 2.24) is 15.1 Å². The van der Waals surface area contributed by atoms with Gasteiger partial charge in [0.15, 0.2) is 0 Å². The molecule has 0 spiro atoms. The van der Waals surface area contributed by atoms with Gasteiger partial charge in [-0.1, -0.05) is 42.5 Å². The Bertz CT molecular complexity index is 879. The Balaban J connectivity index is 1.67. The lowest BCUT2D eigenvalue weighted by atomic mass is 10.0. The molecule has 0 saturated carbocycles. The zero-order valence-corrected chi connectivity index (χ0v) is 14.8. The average Bonchev–Trinajstić information content (AvgIpc) is 3.08. The van der Waals surface area contributed by atoms with E-state index in [4.69, 9.17) is 0 Å². The summed E-state index contributed by atoms with van der Waals surface area (Å²) in [5, 5.41) is 19.7. The highest BCUT2D eigenvalue weighted by atomic mass is 19.1. The number of carbonyl (C=O) groups is 1. The molecule has 140 valence electrons. The molecule has 7 heteroatoms. The highest BCUT2D eigenvalue weighted by molar-refractivity contribution is 5.88. The first kappa shape index (κ1) is 18.6. The minimum atomic E-state index is -0.762. The van der Waals surface area contributed by atoms with Gasteiger partial charge in [0.25, 0.3) is 0 Å². The van der Waals surface area contributed by atoms with Crippen molar-refractivity contribution in [2.75, 3.05) is 5.32 Å². The number of amides is 2. The standard InChI is InChI=1S/C20H21FN4O2/c1-14(26)19(16-5-3-2-4-6-16)24-20(27)23-18-11-12-22-25(18)13-15-7-9-17(21)10-8-15/h2-12,14,19,26H,13H2,1H3,(H2,23,24,27). The third kappa shape index (κ3) is 4.92. The molecule has 0 radical (unpaired) electrons. The van der Waals surface area contributed by atoms with Crippen molar-refractivity contribution in [1.29, 1.82) is 0 Å². The summed E-state index contributed by atoms with van der Waals surface area (Å²) in [7, 11) is 0. The number of benzene rings is 2. The molecule has 0 aliphatic rings. The van der Waals surface area contributed by atoms with Crippen LogP contribution in [0.15, 0.2) is 66.9 Å². The third-order valence-corrected chi connectivity index (χ3v) is 4.13. The lowest BCUT2D eigenvalue weighted by molar-refractivity contribution is 0.148. The quantitative estimate of drug-likeness (QED) is 0.624. The van der Waals surface area contributed by atoms with Crippen molar-refractivity contribution in [3.63, 3.8) is 0 Å². The first-order valence-electron chi connectivity index (χ1n) is 8.59. The molecule has 3 rings (SSSR count). The number of rotatable bonds is 6. The van der Waals surface area contributed by atoms with E-state index >= 15 is 0 Å². The van der Waals surface area contributed by atoms with Crippen LogP contribution in [0, 0.1) is 5.82 Å². The summed E-state index contributed by atoms with van der Waals surface area (Å²) in [5.74, 6) is 0.191. The van der Waals surface area contributed by atoms with Crippen LogP contribution in [-0.4, -0.2) is 27.0 Å². The maximum Gasteiger partial charge on any atom is 0.320 e. The van der Waals surface area contributed by atoms with E-state index in [0.717, 1.165) is 11.1 Å². The lowest BCUT2D eigenvalue weighted by Gasteiger charge is -2.22. The van der Waals surface area contributed by atoms with E-state index in [2.05, 4.69) is 15.7 Å².